The van der Waals surface area contributed by atoms with Crippen molar-refractivity contribution >= 4 is 57.9 Å². The Bertz CT molecular complexity index is 660. The van der Waals surface area contributed by atoms with E-state index in [0.29, 0.717) is 4.47 Å². The van der Waals surface area contributed by atoms with Gasteiger partial charge in [0.25, 0.3) is 10.1 Å². The van der Waals surface area contributed by atoms with Crippen molar-refractivity contribution in [2.75, 3.05) is 0 Å². The summed E-state index contributed by atoms with van der Waals surface area (Å²) in [6.07, 6.45) is 0. The van der Waals surface area contributed by atoms with Gasteiger partial charge in [-0.3, -0.25) is 4.55 Å². The number of benzene rings is 2. The quantitative estimate of drug-likeness (QED) is 0.454. The van der Waals surface area contributed by atoms with Crippen LogP contribution in [-0.2, 0) is 10.1 Å². The lowest BCUT2D eigenvalue weighted by atomic mass is 10.3. The minimum absolute atomic E-state index is 0.0741. The van der Waals surface area contributed by atoms with E-state index in [1.165, 1.54) is 12.1 Å². The van der Waals surface area contributed by atoms with Crippen molar-refractivity contribution in [1.29, 1.82) is 0 Å². The molecule has 0 unspecified atom stereocenters. The Hall–Kier alpha value is -0.410. The van der Waals surface area contributed by atoms with Crippen LogP contribution in [0.5, 0.6) is 5.75 Å². The highest BCUT2D eigenvalue weighted by molar-refractivity contribution is 9.14. The highest BCUT2D eigenvalue weighted by atomic mass is 79.9. The predicted molar refractivity (Wildman–Crippen MR) is 87.5 cm³/mol. The molecule has 0 radical (unpaired) electrons. The minimum Gasteiger partial charge on any atom is -0.507 e. The highest BCUT2D eigenvalue weighted by Gasteiger charge is 2.06. The van der Waals surface area contributed by atoms with Crippen LogP contribution in [0.4, 0.5) is 0 Å². The van der Waals surface area contributed by atoms with Crippen molar-refractivity contribution in [3.63, 3.8) is 0 Å². The van der Waals surface area contributed by atoms with Gasteiger partial charge in [0.05, 0.1) is 9.37 Å². The largest absolute Gasteiger partial charge is 0.507 e. The van der Waals surface area contributed by atoms with E-state index in [9.17, 15) is 8.42 Å². The summed E-state index contributed by atoms with van der Waals surface area (Å²) in [6, 6.07) is 10.8. The van der Waals surface area contributed by atoms with Gasteiger partial charge < -0.3 is 5.11 Å². The number of hydrogen-bond donors (Lipinski definition) is 2. The average Bonchev–Trinajstić information content (AvgIpc) is 2.42. The zero-order chi connectivity index (χ0) is 15.3. The normalized spacial score (nSPS) is 10.6. The van der Waals surface area contributed by atoms with Gasteiger partial charge in [-0.15, -0.1) is 0 Å². The Balaban J connectivity index is 0.000000200. The molecule has 0 heterocycles. The summed E-state index contributed by atoms with van der Waals surface area (Å²) in [5.41, 5.74) is 0. The van der Waals surface area contributed by atoms with Gasteiger partial charge in [-0.1, -0.05) is 18.2 Å². The summed E-state index contributed by atoms with van der Waals surface area (Å²) in [6.45, 7) is 0. The molecule has 0 aliphatic rings. The van der Waals surface area contributed by atoms with Crippen molar-refractivity contribution < 1.29 is 18.1 Å². The first-order chi connectivity index (χ1) is 9.23. The predicted octanol–water partition coefficient (Wildman–Crippen LogP) is 4.61. The molecule has 2 aromatic rings. The first-order valence-corrected chi connectivity index (χ1v) is 8.90. The second-order valence-corrected chi connectivity index (χ2v) is 7.34. The number of hydrogen-bond acceptors (Lipinski definition) is 3. The molecule has 8 heteroatoms. The average molecular weight is 489 g/mol. The van der Waals surface area contributed by atoms with Crippen LogP contribution in [0.3, 0.4) is 0 Å². The van der Waals surface area contributed by atoms with Crippen LogP contribution >= 0.6 is 47.8 Å². The molecule has 0 atom stereocenters. The molecule has 2 N–H and O–H groups in total. The molecule has 0 spiro atoms. The van der Waals surface area contributed by atoms with Gasteiger partial charge in [-0.25, -0.2) is 0 Å². The lowest BCUT2D eigenvalue weighted by Crippen LogP contribution is -1.96. The Morgan fingerprint density at radius 1 is 0.850 bits per heavy atom. The van der Waals surface area contributed by atoms with E-state index in [-0.39, 0.29) is 10.6 Å². The molecule has 108 valence electrons. The van der Waals surface area contributed by atoms with Crippen LogP contribution in [0.15, 0.2) is 60.8 Å². The molecule has 0 bridgehead atoms. The van der Waals surface area contributed by atoms with E-state index >= 15 is 0 Å². The van der Waals surface area contributed by atoms with Gasteiger partial charge in [0.2, 0.25) is 0 Å². The monoisotopic (exact) mass is 486 g/mol. The summed E-state index contributed by atoms with van der Waals surface area (Å²) in [4.78, 5) is -0.0741. The van der Waals surface area contributed by atoms with Crippen molar-refractivity contribution in [3.05, 3.63) is 55.9 Å². The van der Waals surface area contributed by atoms with Gasteiger partial charge in [0.15, 0.2) is 0 Å². The summed E-state index contributed by atoms with van der Waals surface area (Å²) in [5, 5.41) is 9.13. The highest BCUT2D eigenvalue weighted by Crippen LogP contribution is 2.36. The second-order valence-electron chi connectivity index (χ2n) is 3.48. The number of aromatic hydroxyl groups is 1. The molecule has 0 saturated carbocycles. The third kappa shape index (κ3) is 5.17. The van der Waals surface area contributed by atoms with E-state index in [4.69, 9.17) is 9.66 Å². The van der Waals surface area contributed by atoms with Gasteiger partial charge in [0.1, 0.15) is 5.75 Å². The lowest BCUT2D eigenvalue weighted by molar-refractivity contribution is 0.471. The van der Waals surface area contributed by atoms with E-state index in [0.717, 1.165) is 8.95 Å². The van der Waals surface area contributed by atoms with Crippen molar-refractivity contribution in [2.24, 2.45) is 0 Å². The fourth-order valence-electron chi connectivity index (χ4n) is 1.11. The van der Waals surface area contributed by atoms with Crippen LogP contribution in [0, 0.1) is 0 Å². The Labute approximate surface area is 142 Å². The van der Waals surface area contributed by atoms with E-state index in [2.05, 4.69) is 47.8 Å². The molecule has 2 rings (SSSR count). The van der Waals surface area contributed by atoms with Gasteiger partial charge in [-0.05, 0) is 72.1 Å². The zero-order valence-electron chi connectivity index (χ0n) is 9.79. The fourth-order valence-corrected chi connectivity index (χ4v) is 2.89. The Kier molecular flexibility index (Phi) is 6.67. The van der Waals surface area contributed by atoms with Crippen molar-refractivity contribution in [3.8, 4) is 5.75 Å². The molecule has 0 fully saturated rings. The van der Waals surface area contributed by atoms with E-state index in [1.807, 2.05) is 0 Å². The molecule has 0 saturated heterocycles. The van der Waals surface area contributed by atoms with Crippen LogP contribution in [0.25, 0.3) is 0 Å². The summed E-state index contributed by atoms with van der Waals surface area (Å²) in [7, 11) is -4.00. The van der Waals surface area contributed by atoms with E-state index in [1.54, 1.807) is 30.3 Å². The smallest absolute Gasteiger partial charge is 0.294 e. The van der Waals surface area contributed by atoms with Crippen molar-refractivity contribution in [1.82, 2.24) is 0 Å². The minimum atomic E-state index is -4.00. The topological polar surface area (TPSA) is 74.6 Å². The third-order valence-corrected chi connectivity index (χ3v) is 6.28. The maximum absolute atomic E-state index is 10.4. The molecule has 0 amide bonds. The van der Waals surface area contributed by atoms with Crippen LogP contribution in [0.2, 0.25) is 0 Å². The van der Waals surface area contributed by atoms with E-state index < -0.39 is 10.1 Å². The molecule has 0 aliphatic carbocycles. The molecular formula is C12H9Br3O4S. The van der Waals surface area contributed by atoms with Crippen LogP contribution < -0.4 is 0 Å². The number of phenols is 1. The van der Waals surface area contributed by atoms with Crippen LogP contribution in [-0.4, -0.2) is 18.1 Å². The molecule has 0 aliphatic heterocycles. The zero-order valence-corrected chi connectivity index (χ0v) is 15.4. The fraction of sp³-hybridized carbons (Fsp3) is 0. The van der Waals surface area contributed by atoms with Gasteiger partial charge >= 0.3 is 0 Å². The standard InChI is InChI=1S/C6H3Br3O.C6H6O3S/c7-3-1-2-4(10)6(9)5(3)8;7-10(8,9)6-4-2-1-3-5-6/h1-2,10H;1-5H,(H,7,8,9). The molecule has 20 heavy (non-hydrogen) atoms. The molecular weight excluding hydrogens is 480 g/mol. The number of phenolic OH excluding ortho intramolecular Hbond substituents is 1. The molecule has 2 aromatic carbocycles. The second kappa shape index (κ2) is 7.56. The molecule has 0 aromatic heterocycles. The maximum atomic E-state index is 10.4. The lowest BCUT2D eigenvalue weighted by Gasteiger charge is -2.00. The Morgan fingerprint density at radius 3 is 1.80 bits per heavy atom. The number of halogens is 3. The van der Waals surface area contributed by atoms with Gasteiger partial charge in [0, 0.05) is 8.95 Å². The first-order valence-electron chi connectivity index (χ1n) is 5.08. The Morgan fingerprint density at radius 2 is 1.40 bits per heavy atom. The summed E-state index contributed by atoms with van der Waals surface area (Å²) >= 11 is 9.77. The third-order valence-electron chi connectivity index (χ3n) is 2.06. The number of rotatable bonds is 1. The molecule has 4 nitrogen and oxygen atoms in total. The first kappa shape index (κ1) is 17.6. The summed E-state index contributed by atoms with van der Waals surface area (Å²) in [5.74, 6) is 0.232. The summed E-state index contributed by atoms with van der Waals surface area (Å²) < 4.78 is 31.6. The van der Waals surface area contributed by atoms with Crippen LogP contribution in [0.1, 0.15) is 0 Å². The van der Waals surface area contributed by atoms with Crippen molar-refractivity contribution in [2.45, 2.75) is 4.90 Å². The SMILES string of the molecule is O=S(=O)(O)c1ccccc1.Oc1ccc(Br)c(Br)c1Br. The van der Waals surface area contributed by atoms with Gasteiger partial charge in [-0.2, -0.15) is 8.42 Å². The maximum Gasteiger partial charge on any atom is 0.294 e.